The summed E-state index contributed by atoms with van der Waals surface area (Å²) in [4.78, 5) is 0. The molecule has 0 saturated heterocycles. The highest BCUT2D eigenvalue weighted by Gasteiger charge is 2.06. The Morgan fingerprint density at radius 2 is 1.89 bits per heavy atom. The van der Waals surface area contributed by atoms with E-state index in [1.165, 1.54) is 0 Å². The van der Waals surface area contributed by atoms with Crippen LogP contribution in [-0.2, 0) is 0 Å². The van der Waals surface area contributed by atoms with Crippen LogP contribution in [0.5, 0.6) is 5.75 Å². The summed E-state index contributed by atoms with van der Waals surface area (Å²) in [6, 6.07) is 7.83. The Morgan fingerprint density at radius 3 is 2.47 bits per heavy atom. The highest BCUT2D eigenvalue weighted by molar-refractivity contribution is 7.99. The summed E-state index contributed by atoms with van der Waals surface area (Å²) in [6.45, 7) is 7.90. The SMILES string of the molecule is CC(C)C(C)SCCOc1ccc(C#CCN)cc1. The van der Waals surface area contributed by atoms with Gasteiger partial charge in [-0.1, -0.05) is 32.6 Å². The number of benzene rings is 1. The van der Waals surface area contributed by atoms with Gasteiger partial charge in [-0.3, -0.25) is 0 Å². The molecule has 0 amide bonds. The van der Waals surface area contributed by atoms with E-state index in [-0.39, 0.29) is 0 Å². The third kappa shape index (κ3) is 6.56. The summed E-state index contributed by atoms with van der Waals surface area (Å²) < 4.78 is 5.70. The van der Waals surface area contributed by atoms with Crippen molar-refractivity contribution in [2.45, 2.75) is 26.0 Å². The Balaban J connectivity index is 2.30. The van der Waals surface area contributed by atoms with E-state index < -0.39 is 0 Å². The molecular weight excluding hydrogens is 254 g/mol. The molecule has 0 aromatic heterocycles. The monoisotopic (exact) mass is 277 g/mol. The van der Waals surface area contributed by atoms with Crippen molar-refractivity contribution in [3.63, 3.8) is 0 Å². The van der Waals surface area contributed by atoms with Crippen molar-refractivity contribution in [3.8, 4) is 17.6 Å². The number of hydrogen-bond acceptors (Lipinski definition) is 3. The van der Waals surface area contributed by atoms with Crippen molar-refractivity contribution in [2.24, 2.45) is 11.7 Å². The highest BCUT2D eigenvalue weighted by atomic mass is 32.2. The third-order valence-corrected chi connectivity index (χ3v) is 4.33. The topological polar surface area (TPSA) is 35.2 Å². The second-order valence-electron chi connectivity index (χ2n) is 4.70. The molecule has 3 heteroatoms. The van der Waals surface area contributed by atoms with Crippen LogP contribution in [0.25, 0.3) is 0 Å². The zero-order chi connectivity index (χ0) is 14.1. The van der Waals surface area contributed by atoms with E-state index in [1.807, 2.05) is 36.0 Å². The molecule has 1 aromatic rings. The summed E-state index contributed by atoms with van der Waals surface area (Å²) in [5.41, 5.74) is 6.30. The van der Waals surface area contributed by atoms with Crippen molar-refractivity contribution < 1.29 is 4.74 Å². The van der Waals surface area contributed by atoms with Crippen LogP contribution in [0, 0.1) is 17.8 Å². The molecule has 2 nitrogen and oxygen atoms in total. The van der Waals surface area contributed by atoms with E-state index in [0.29, 0.717) is 17.7 Å². The third-order valence-electron chi connectivity index (χ3n) is 2.86. The van der Waals surface area contributed by atoms with E-state index in [4.69, 9.17) is 10.5 Å². The van der Waals surface area contributed by atoms with Gasteiger partial charge in [-0.2, -0.15) is 11.8 Å². The summed E-state index contributed by atoms with van der Waals surface area (Å²) in [5, 5.41) is 0.678. The van der Waals surface area contributed by atoms with Gasteiger partial charge in [-0.15, -0.1) is 0 Å². The van der Waals surface area contributed by atoms with E-state index in [2.05, 4.69) is 32.6 Å². The summed E-state index contributed by atoms with van der Waals surface area (Å²) in [7, 11) is 0. The van der Waals surface area contributed by atoms with Gasteiger partial charge in [0, 0.05) is 16.6 Å². The van der Waals surface area contributed by atoms with E-state index in [0.717, 1.165) is 23.7 Å². The molecule has 104 valence electrons. The highest BCUT2D eigenvalue weighted by Crippen LogP contribution is 2.19. The minimum atomic E-state index is 0.392. The minimum Gasteiger partial charge on any atom is -0.493 e. The molecule has 0 aliphatic heterocycles. The molecule has 1 rings (SSSR count). The predicted molar refractivity (Wildman–Crippen MR) is 84.6 cm³/mol. The molecule has 0 heterocycles. The lowest BCUT2D eigenvalue weighted by Gasteiger charge is -2.14. The van der Waals surface area contributed by atoms with Gasteiger partial charge >= 0.3 is 0 Å². The number of rotatable bonds is 6. The zero-order valence-electron chi connectivity index (χ0n) is 12.0. The maximum Gasteiger partial charge on any atom is 0.119 e. The Kier molecular flexibility index (Phi) is 7.47. The first-order valence-electron chi connectivity index (χ1n) is 6.67. The number of nitrogens with two attached hydrogens (primary N) is 1. The van der Waals surface area contributed by atoms with Crippen LogP contribution in [0.4, 0.5) is 0 Å². The molecule has 1 atom stereocenters. The fourth-order valence-electron chi connectivity index (χ4n) is 1.37. The zero-order valence-corrected chi connectivity index (χ0v) is 12.8. The molecular formula is C16H23NOS. The van der Waals surface area contributed by atoms with Gasteiger partial charge in [-0.05, 0) is 30.2 Å². The molecule has 0 spiro atoms. The Labute approximate surface area is 121 Å². The van der Waals surface area contributed by atoms with Crippen LogP contribution >= 0.6 is 11.8 Å². The minimum absolute atomic E-state index is 0.392. The number of ether oxygens (including phenoxy) is 1. The normalized spacial score (nSPS) is 11.8. The first kappa shape index (κ1) is 15.9. The van der Waals surface area contributed by atoms with Gasteiger partial charge in [0.15, 0.2) is 0 Å². The van der Waals surface area contributed by atoms with Gasteiger partial charge in [-0.25, -0.2) is 0 Å². The number of thioether (sulfide) groups is 1. The van der Waals surface area contributed by atoms with Crippen LogP contribution in [0.3, 0.4) is 0 Å². The smallest absolute Gasteiger partial charge is 0.119 e. The molecule has 0 bridgehead atoms. The van der Waals surface area contributed by atoms with Gasteiger partial charge in [0.05, 0.1) is 13.2 Å². The predicted octanol–water partition coefficient (Wildman–Crippen LogP) is 3.15. The van der Waals surface area contributed by atoms with Gasteiger partial charge in [0.25, 0.3) is 0 Å². The number of hydrogen-bond donors (Lipinski definition) is 1. The quantitative estimate of drug-likeness (QED) is 0.641. The second-order valence-corrected chi connectivity index (χ2v) is 6.18. The molecule has 2 N–H and O–H groups in total. The van der Waals surface area contributed by atoms with Crippen LogP contribution in [0.1, 0.15) is 26.3 Å². The maximum absolute atomic E-state index is 5.70. The Bertz CT molecular complexity index is 417. The molecule has 0 saturated carbocycles. The van der Waals surface area contributed by atoms with Crippen molar-refractivity contribution >= 4 is 11.8 Å². The van der Waals surface area contributed by atoms with E-state index in [9.17, 15) is 0 Å². The molecule has 0 radical (unpaired) electrons. The van der Waals surface area contributed by atoms with Gasteiger partial charge in [0.2, 0.25) is 0 Å². The molecule has 0 aliphatic carbocycles. The molecule has 0 aliphatic rings. The van der Waals surface area contributed by atoms with Crippen molar-refractivity contribution in [1.82, 2.24) is 0 Å². The summed E-state index contributed by atoms with van der Waals surface area (Å²) in [6.07, 6.45) is 0. The van der Waals surface area contributed by atoms with E-state index >= 15 is 0 Å². The van der Waals surface area contributed by atoms with Crippen molar-refractivity contribution in [1.29, 1.82) is 0 Å². The van der Waals surface area contributed by atoms with Crippen LogP contribution < -0.4 is 10.5 Å². The molecule has 1 unspecified atom stereocenters. The summed E-state index contributed by atoms with van der Waals surface area (Å²) >= 11 is 1.96. The van der Waals surface area contributed by atoms with Crippen molar-refractivity contribution in [3.05, 3.63) is 29.8 Å². The van der Waals surface area contributed by atoms with Crippen LogP contribution in [0.15, 0.2) is 24.3 Å². The largest absolute Gasteiger partial charge is 0.493 e. The standard InChI is InChI=1S/C16H23NOS/c1-13(2)14(3)19-12-11-18-16-8-6-15(7-9-16)5-4-10-17/h6-9,13-14H,10-12,17H2,1-3H3. The first-order chi connectivity index (χ1) is 9.13. The Morgan fingerprint density at radius 1 is 1.21 bits per heavy atom. The lowest BCUT2D eigenvalue weighted by Crippen LogP contribution is -2.09. The van der Waals surface area contributed by atoms with Gasteiger partial charge in [0.1, 0.15) is 5.75 Å². The average molecular weight is 277 g/mol. The van der Waals surface area contributed by atoms with Crippen molar-refractivity contribution in [2.75, 3.05) is 18.9 Å². The fraction of sp³-hybridized carbons (Fsp3) is 0.500. The van der Waals surface area contributed by atoms with Crippen LogP contribution in [-0.4, -0.2) is 24.2 Å². The first-order valence-corrected chi connectivity index (χ1v) is 7.71. The maximum atomic E-state index is 5.70. The van der Waals surface area contributed by atoms with Gasteiger partial charge < -0.3 is 10.5 Å². The summed E-state index contributed by atoms with van der Waals surface area (Å²) in [5.74, 6) is 8.46. The second kappa shape index (κ2) is 8.90. The lowest BCUT2D eigenvalue weighted by atomic mass is 10.2. The lowest BCUT2D eigenvalue weighted by molar-refractivity contribution is 0.343. The Hall–Kier alpha value is -1.11. The molecule has 0 fully saturated rings. The van der Waals surface area contributed by atoms with Crippen LogP contribution in [0.2, 0.25) is 0 Å². The molecule has 19 heavy (non-hydrogen) atoms. The molecule has 1 aromatic carbocycles. The fourth-order valence-corrected chi connectivity index (χ4v) is 2.31. The average Bonchev–Trinajstić information content (AvgIpc) is 2.42. The van der Waals surface area contributed by atoms with E-state index in [1.54, 1.807) is 0 Å².